The normalized spacial score (nSPS) is 17.6. The van der Waals surface area contributed by atoms with Crippen LogP contribution in [0.2, 0.25) is 0 Å². The van der Waals surface area contributed by atoms with Gasteiger partial charge in [-0.3, -0.25) is 10.0 Å². The number of ether oxygens (including phenoxy) is 1. The van der Waals surface area contributed by atoms with E-state index in [1.54, 1.807) is 12.1 Å². The van der Waals surface area contributed by atoms with E-state index in [4.69, 9.17) is 9.94 Å². The first-order chi connectivity index (χ1) is 9.15. The van der Waals surface area contributed by atoms with Gasteiger partial charge in [0.2, 0.25) is 5.90 Å². The number of benzene rings is 1. The fourth-order valence-corrected chi connectivity index (χ4v) is 1.76. The van der Waals surface area contributed by atoms with E-state index in [9.17, 15) is 9.18 Å². The van der Waals surface area contributed by atoms with Gasteiger partial charge in [0.15, 0.2) is 6.04 Å². The predicted octanol–water partition coefficient (Wildman–Crippen LogP) is 1.20. The molecule has 0 aliphatic carbocycles. The molecule has 0 fully saturated rings. The van der Waals surface area contributed by atoms with Crippen LogP contribution in [0.4, 0.5) is 4.39 Å². The van der Waals surface area contributed by atoms with E-state index in [-0.39, 0.29) is 18.3 Å². The molecular formula is C13H13FN2O3. The number of hydrogen-bond donors (Lipinski definition) is 2. The van der Waals surface area contributed by atoms with Crippen LogP contribution in [-0.2, 0) is 16.0 Å². The fraction of sp³-hybridized carbons (Fsp3) is 0.231. The van der Waals surface area contributed by atoms with Crippen molar-refractivity contribution in [2.45, 2.75) is 12.5 Å². The molecule has 2 N–H and O–H groups in total. The van der Waals surface area contributed by atoms with Crippen LogP contribution < -0.4 is 5.48 Å². The van der Waals surface area contributed by atoms with E-state index in [1.807, 2.05) is 0 Å². The summed E-state index contributed by atoms with van der Waals surface area (Å²) in [4.78, 5) is 15.2. The maximum Gasteiger partial charge on any atom is 0.271 e. The molecule has 1 aromatic carbocycles. The summed E-state index contributed by atoms with van der Waals surface area (Å²) in [5.74, 6) is -0.700. The van der Waals surface area contributed by atoms with E-state index in [1.165, 1.54) is 17.6 Å². The number of amides is 1. The van der Waals surface area contributed by atoms with Crippen molar-refractivity contribution in [3.63, 3.8) is 0 Å². The van der Waals surface area contributed by atoms with E-state index >= 15 is 0 Å². The molecule has 1 heterocycles. The van der Waals surface area contributed by atoms with Crippen LogP contribution in [0.3, 0.4) is 0 Å². The molecule has 0 unspecified atom stereocenters. The molecule has 1 amide bonds. The lowest BCUT2D eigenvalue weighted by Gasteiger charge is -2.04. The fourth-order valence-electron chi connectivity index (χ4n) is 1.76. The van der Waals surface area contributed by atoms with Crippen LogP contribution in [0.1, 0.15) is 11.1 Å². The number of rotatable bonds is 4. The summed E-state index contributed by atoms with van der Waals surface area (Å²) in [6, 6.07) is 3.67. The van der Waals surface area contributed by atoms with E-state index < -0.39 is 11.9 Å². The molecule has 6 heteroatoms. The van der Waals surface area contributed by atoms with Gasteiger partial charge in [0.1, 0.15) is 12.4 Å². The summed E-state index contributed by atoms with van der Waals surface area (Å²) in [6.45, 7) is 3.61. The third-order valence-electron chi connectivity index (χ3n) is 2.72. The SMILES string of the molecule is C=CCc1cc(C2=N[C@@H](C(=O)NO)CO2)ccc1F. The van der Waals surface area contributed by atoms with Crippen molar-refractivity contribution in [2.24, 2.45) is 4.99 Å². The average molecular weight is 264 g/mol. The molecule has 0 bridgehead atoms. The first-order valence-electron chi connectivity index (χ1n) is 5.70. The Morgan fingerprint density at radius 2 is 2.47 bits per heavy atom. The zero-order valence-corrected chi connectivity index (χ0v) is 10.1. The molecule has 19 heavy (non-hydrogen) atoms. The number of nitrogens with zero attached hydrogens (tertiary/aromatic N) is 1. The van der Waals surface area contributed by atoms with Crippen molar-refractivity contribution < 1.29 is 19.1 Å². The number of halogens is 1. The summed E-state index contributed by atoms with van der Waals surface area (Å²) in [5.41, 5.74) is 2.59. The summed E-state index contributed by atoms with van der Waals surface area (Å²) < 4.78 is 18.8. The number of nitrogens with one attached hydrogen (secondary N) is 1. The van der Waals surface area contributed by atoms with Gasteiger partial charge in [0.05, 0.1) is 0 Å². The van der Waals surface area contributed by atoms with E-state index in [2.05, 4.69) is 11.6 Å². The van der Waals surface area contributed by atoms with Gasteiger partial charge >= 0.3 is 0 Å². The van der Waals surface area contributed by atoms with Gasteiger partial charge in [-0.15, -0.1) is 6.58 Å². The molecule has 0 aromatic heterocycles. The maximum absolute atomic E-state index is 13.5. The molecular weight excluding hydrogens is 251 g/mol. The summed E-state index contributed by atoms with van der Waals surface area (Å²) in [6.07, 6.45) is 2.00. The van der Waals surface area contributed by atoms with Crippen LogP contribution in [0.25, 0.3) is 0 Å². The van der Waals surface area contributed by atoms with Gasteiger partial charge < -0.3 is 4.74 Å². The lowest BCUT2D eigenvalue weighted by Crippen LogP contribution is -2.31. The highest BCUT2D eigenvalue weighted by Gasteiger charge is 2.26. The van der Waals surface area contributed by atoms with Crippen LogP contribution in [-0.4, -0.2) is 29.7 Å². The molecule has 0 radical (unpaired) electrons. The Morgan fingerprint density at radius 1 is 1.68 bits per heavy atom. The monoisotopic (exact) mass is 264 g/mol. The quantitative estimate of drug-likeness (QED) is 0.488. The minimum Gasteiger partial charge on any atom is -0.475 e. The second kappa shape index (κ2) is 5.62. The summed E-state index contributed by atoms with van der Waals surface area (Å²) in [7, 11) is 0. The lowest BCUT2D eigenvalue weighted by molar-refractivity contribution is -0.130. The number of allylic oxidation sites excluding steroid dienone is 1. The van der Waals surface area contributed by atoms with Gasteiger partial charge in [-0.25, -0.2) is 14.9 Å². The zero-order valence-electron chi connectivity index (χ0n) is 10.1. The molecule has 0 saturated heterocycles. The van der Waals surface area contributed by atoms with Crippen molar-refractivity contribution in [1.29, 1.82) is 0 Å². The Morgan fingerprint density at radius 3 is 3.16 bits per heavy atom. The van der Waals surface area contributed by atoms with Crippen molar-refractivity contribution >= 4 is 11.8 Å². The predicted molar refractivity (Wildman–Crippen MR) is 66.5 cm³/mol. The Kier molecular flexibility index (Phi) is 3.91. The topological polar surface area (TPSA) is 70.9 Å². The van der Waals surface area contributed by atoms with Crippen molar-refractivity contribution in [2.75, 3.05) is 6.61 Å². The van der Waals surface area contributed by atoms with Gasteiger partial charge in [0.25, 0.3) is 5.91 Å². The summed E-state index contributed by atoms with van der Waals surface area (Å²) in [5, 5.41) is 8.52. The van der Waals surface area contributed by atoms with Crippen LogP contribution in [0.15, 0.2) is 35.8 Å². The Bertz CT molecular complexity index is 543. The molecule has 1 atom stereocenters. The number of carbonyl (C=O) groups is 1. The van der Waals surface area contributed by atoms with Crippen LogP contribution >= 0.6 is 0 Å². The molecule has 0 saturated carbocycles. The third-order valence-corrected chi connectivity index (χ3v) is 2.72. The van der Waals surface area contributed by atoms with E-state index in [0.717, 1.165) is 0 Å². The molecule has 1 aromatic rings. The van der Waals surface area contributed by atoms with Gasteiger partial charge in [0, 0.05) is 5.56 Å². The second-order valence-electron chi connectivity index (χ2n) is 4.04. The smallest absolute Gasteiger partial charge is 0.271 e. The standard InChI is InChI=1S/C13H13FN2O3/c1-2-3-8-6-9(4-5-10(8)14)13-15-11(7-19-13)12(17)16-18/h2,4-6,11,18H,1,3,7H2,(H,16,17)/t11-/m1/s1. The Balaban J connectivity index is 2.25. The number of hydroxylamine groups is 1. The maximum atomic E-state index is 13.5. The van der Waals surface area contributed by atoms with Gasteiger partial charge in [-0.05, 0) is 30.2 Å². The van der Waals surface area contributed by atoms with Gasteiger partial charge in [-0.2, -0.15) is 0 Å². The highest BCUT2D eigenvalue weighted by molar-refractivity contribution is 5.98. The molecule has 1 aliphatic rings. The molecule has 100 valence electrons. The number of aliphatic imine (C=N–C) groups is 1. The van der Waals surface area contributed by atoms with Crippen LogP contribution in [0, 0.1) is 5.82 Å². The van der Waals surface area contributed by atoms with E-state index in [0.29, 0.717) is 17.5 Å². The van der Waals surface area contributed by atoms with Gasteiger partial charge in [-0.1, -0.05) is 6.08 Å². The first kappa shape index (κ1) is 13.2. The minimum atomic E-state index is -0.784. The largest absolute Gasteiger partial charge is 0.475 e. The molecule has 2 rings (SSSR count). The minimum absolute atomic E-state index is 0.0515. The molecule has 0 spiro atoms. The average Bonchev–Trinajstić information content (AvgIpc) is 2.90. The highest BCUT2D eigenvalue weighted by atomic mass is 19.1. The molecule has 5 nitrogen and oxygen atoms in total. The Hall–Kier alpha value is -2.21. The van der Waals surface area contributed by atoms with Crippen LogP contribution in [0.5, 0.6) is 0 Å². The third kappa shape index (κ3) is 2.79. The lowest BCUT2D eigenvalue weighted by atomic mass is 10.1. The molecule has 1 aliphatic heterocycles. The highest BCUT2D eigenvalue weighted by Crippen LogP contribution is 2.16. The summed E-state index contributed by atoms with van der Waals surface area (Å²) >= 11 is 0. The first-order valence-corrected chi connectivity index (χ1v) is 5.70. The number of carbonyl (C=O) groups excluding carboxylic acids is 1. The number of hydrogen-bond acceptors (Lipinski definition) is 4. The Labute approximate surface area is 109 Å². The second-order valence-corrected chi connectivity index (χ2v) is 4.04. The van der Waals surface area contributed by atoms with Crippen molar-refractivity contribution in [3.05, 3.63) is 47.8 Å². The van der Waals surface area contributed by atoms with Crippen molar-refractivity contribution in [3.8, 4) is 0 Å². The van der Waals surface area contributed by atoms with Crippen molar-refractivity contribution in [1.82, 2.24) is 5.48 Å². The zero-order chi connectivity index (χ0) is 13.8.